The summed E-state index contributed by atoms with van der Waals surface area (Å²) in [4.78, 5) is 42.1. The molecule has 0 aromatic heterocycles. The van der Waals surface area contributed by atoms with Crippen molar-refractivity contribution in [3.63, 3.8) is 0 Å². The first-order valence-electron chi connectivity index (χ1n) is 12.5. The molecule has 1 aliphatic heterocycles. The Labute approximate surface area is 222 Å². The fourth-order valence-electron chi connectivity index (χ4n) is 5.99. The maximum atomic E-state index is 13.1. The van der Waals surface area contributed by atoms with E-state index in [1.807, 2.05) is 0 Å². The minimum atomic E-state index is -0.367. The second-order valence-corrected chi connectivity index (χ2v) is 11.5. The highest BCUT2D eigenvalue weighted by molar-refractivity contribution is 6.33. The average Bonchev–Trinajstić information content (AvgIpc) is 2.89. The molecule has 2 fully saturated rings. The Kier molecular flexibility index (Phi) is 7.34. The predicted molar refractivity (Wildman–Crippen MR) is 142 cm³/mol. The zero-order valence-electron chi connectivity index (χ0n) is 21.6. The minimum absolute atomic E-state index is 0.0307. The predicted octanol–water partition coefficient (Wildman–Crippen LogP) is 5.55. The van der Waals surface area contributed by atoms with Crippen molar-refractivity contribution in [2.45, 2.75) is 52.7 Å². The monoisotopic (exact) mass is 521 g/mol. The summed E-state index contributed by atoms with van der Waals surface area (Å²) in [5.41, 5.74) is 0.651. The van der Waals surface area contributed by atoms with E-state index < -0.39 is 0 Å². The summed E-state index contributed by atoms with van der Waals surface area (Å²) in [5.74, 6) is 0.328. The van der Waals surface area contributed by atoms with Crippen molar-refractivity contribution in [3.8, 4) is 5.75 Å². The molecule has 194 valence electrons. The molecule has 0 bridgehead atoms. The van der Waals surface area contributed by atoms with Crippen LogP contribution in [0, 0.1) is 23.3 Å². The first-order valence-corrected chi connectivity index (χ1v) is 12.9. The van der Waals surface area contributed by atoms with E-state index in [1.165, 1.54) is 0 Å². The molecule has 0 unspecified atom stereocenters. The molecule has 2 aliphatic rings. The lowest BCUT2D eigenvalue weighted by Gasteiger charge is -2.63. The van der Waals surface area contributed by atoms with Crippen molar-refractivity contribution >= 4 is 35.4 Å². The molecular weight excluding hydrogens is 490 g/mol. The van der Waals surface area contributed by atoms with Gasteiger partial charge in [-0.15, -0.1) is 0 Å². The van der Waals surface area contributed by atoms with Gasteiger partial charge in [0.1, 0.15) is 18.1 Å². The Morgan fingerprint density at radius 2 is 1.65 bits per heavy atom. The van der Waals surface area contributed by atoms with Crippen LogP contribution in [-0.2, 0) is 4.79 Å². The van der Waals surface area contributed by atoms with Gasteiger partial charge in [0.2, 0.25) is 5.69 Å². The molecule has 2 aromatic carbocycles. The summed E-state index contributed by atoms with van der Waals surface area (Å²) in [5, 5.41) is 3.52. The molecule has 1 saturated carbocycles. The number of carbonyl (C=O) groups is 3. The molecule has 7 nitrogen and oxygen atoms in total. The molecule has 1 aliphatic carbocycles. The molecular formula is C29H32ClN3O4. The van der Waals surface area contributed by atoms with Crippen molar-refractivity contribution in [2.75, 3.05) is 13.1 Å². The quantitative estimate of drug-likeness (QED) is 0.399. The Morgan fingerprint density at radius 1 is 1.05 bits per heavy atom. The SMILES string of the molecule is [C-]#[N+]c1ccc(OC2C(C)(C)C(NC(=O)c3ccc(C(=O)N4CCC(C=O)CC4)cc3)C2(C)C)cc1Cl. The highest BCUT2D eigenvalue weighted by Gasteiger charge is 2.64. The fraction of sp³-hybridized carbons (Fsp3) is 0.448. The number of carbonyl (C=O) groups excluding carboxylic acids is 3. The molecule has 1 saturated heterocycles. The topological polar surface area (TPSA) is 80.1 Å². The molecule has 1 N–H and O–H groups in total. The van der Waals surface area contributed by atoms with E-state index in [9.17, 15) is 14.4 Å². The highest BCUT2D eigenvalue weighted by Crippen LogP contribution is 2.55. The Bertz CT molecular complexity index is 1220. The van der Waals surface area contributed by atoms with Crippen molar-refractivity contribution in [2.24, 2.45) is 16.7 Å². The van der Waals surface area contributed by atoms with E-state index in [0.29, 0.717) is 53.5 Å². The number of ether oxygens (including phenoxy) is 1. The number of hydrogen-bond acceptors (Lipinski definition) is 4. The number of nitrogens with zero attached hydrogens (tertiary/aromatic N) is 2. The van der Waals surface area contributed by atoms with Gasteiger partial charge >= 0.3 is 0 Å². The summed E-state index contributed by atoms with van der Waals surface area (Å²) in [7, 11) is 0. The number of rotatable bonds is 6. The summed E-state index contributed by atoms with van der Waals surface area (Å²) in [6.45, 7) is 16.5. The van der Waals surface area contributed by atoms with Crippen LogP contribution in [0.1, 0.15) is 61.3 Å². The van der Waals surface area contributed by atoms with Gasteiger partial charge in [0, 0.05) is 47.0 Å². The van der Waals surface area contributed by atoms with Crippen LogP contribution in [0.3, 0.4) is 0 Å². The van der Waals surface area contributed by atoms with Gasteiger partial charge < -0.3 is 19.7 Å². The van der Waals surface area contributed by atoms with E-state index in [0.717, 1.165) is 6.29 Å². The lowest BCUT2D eigenvalue weighted by atomic mass is 9.49. The third-order valence-corrected chi connectivity index (χ3v) is 8.12. The highest BCUT2D eigenvalue weighted by atomic mass is 35.5. The number of hydrogen-bond donors (Lipinski definition) is 1. The summed E-state index contributed by atoms with van der Waals surface area (Å²) < 4.78 is 6.29. The van der Waals surface area contributed by atoms with Crippen molar-refractivity contribution in [1.82, 2.24) is 10.2 Å². The van der Waals surface area contributed by atoms with Gasteiger partial charge in [-0.3, -0.25) is 9.59 Å². The number of nitrogens with one attached hydrogen (secondary N) is 1. The summed E-state index contributed by atoms with van der Waals surface area (Å²) in [6, 6.07) is 11.6. The van der Waals surface area contributed by atoms with Gasteiger partial charge in [-0.05, 0) is 49.2 Å². The molecule has 4 rings (SSSR count). The Hall–Kier alpha value is -3.37. The lowest BCUT2D eigenvalue weighted by molar-refractivity contribution is -0.164. The van der Waals surface area contributed by atoms with Gasteiger partial charge in [0.15, 0.2) is 0 Å². The van der Waals surface area contributed by atoms with Crippen LogP contribution in [0.2, 0.25) is 5.02 Å². The van der Waals surface area contributed by atoms with E-state index in [2.05, 4.69) is 37.9 Å². The van der Waals surface area contributed by atoms with Gasteiger partial charge in [0.25, 0.3) is 11.8 Å². The molecule has 1 heterocycles. The average molecular weight is 522 g/mol. The third-order valence-electron chi connectivity index (χ3n) is 7.82. The van der Waals surface area contributed by atoms with E-state index >= 15 is 0 Å². The molecule has 0 radical (unpaired) electrons. The largest absolute Gasteiger partial charge is 0.489 e. The second-order valence-electron chi connectivity index (χ2n) is 11.1. The maximum Gasteiger partial charge on any atom is 0.253 e. The molecule has 2 aromatic rings. The zero-order valence-corrected chi connectivity index (χ0v) is 22.3. The van der Waals surface area contributed by atoms with Crippen molar-refractivity contribution in [1.29, 1.82) is 0 Å². The van der Waals surface area contributed by atoms with E-state index in [1.54, 1.807) is 47.4 Å². The van der Waals surface area contributed by atoms with Crippen LogP contribution in [0.25, 0.3) is 4.85 Å². The number of piperidine rings is 1. The number of aldehydes is 1. The number of halogens is 1. The second kappa shape index (κ2) is 10.2. The van der Waals surface area contributed by atoms with Crippen LogP contribution in [0.5, 0.6) is 5.75 Å². The minimum Gasteiger partial charge on any atom is -0.489 e. The Morgan fingerprint density at radius 3 is 2.19 bits per heavy atom. The van der Waals surface area contributed by atoms with Crippen LogP contribution < -0.4 is 10.1 Å². The molecule has 2 amide bonds. The number of amides is 2. The van der Waals surface area contributed by atoms with Crippen molar-refractivity contribution < 1.29 is 19.1 Å². The van der Waals surface area contributed by atoms with Crippen molar-refractivity contribution in [3.05, 3.63) is 70.0 Å². The zero-order chi connectivity index (χ0) is 27.0. The van der Waals surface area contributed by atoms with Crippen LogP contribution in [0.15, 0.2) is 42.5 Å². The van der Waals surface area contributed by atoms with Crippen LogP contribution in [0.4, 0.5) is 5.69 Å². The molecule has 0 atom stereocenters. The maximum absolute atomic E-state index is 13.1. The number of likely N-dealkylation sites (tertiary alicyclic amines) is 1. The van der Waals surface area contributed by atoms with Crippen LogP contribution in [-0.4, -0.2) is 48.2 Å². The summed E-state index contributed by atoms with van der Waals surface area (Å²) in [6.07, 6.45) is 2.15. The Balaban J connectivity index is 1.40. The standard InChI is InChI=1S/C29H32ClN3O4/c1-28(2)26(29(3,4)27(28)37-21-10-11-23(31-5)22(30)16-21)32-24(35)19-6-8-20(9-7-19)25(36)33-14-12-18(17-34)13-15-33/h6-11,16-18,26-27H,12-15H2,1-4H3,(H,32,35). The summed E-state index contributed by atoms with van der Waals surface area (Å²) >= 11 is 6.18. The molecule has 0 spiro atoms. The van der Waals surface area contributed by atoms with Gasteiger partial charge in [-0.2, -0.15) is 0 Å². The lowest BCUT2D eigenvalue weighted by Crippen LogP contribution is -2.74. The third kappa shape index (κ3) is 5.08. The first-order chi connectivity index (χ1) is 17.5. The first kappa shape index (κ1) is 26.7. The smallest absolute Gasteiger partial charge is 0.253 e. The molecule has 8 heteroatoms. The van der Waals surface area contributed by atoms with Gasteiger partial charge in [-0.1, -0.05) is 45.4 Å². The molecule has 37 heavy (non-hydrogen) atoms. The normalized spacial score (nSPS) is 22.3. The van der Waals surface area contributed by atoms with E-state index in [4.69, 9.17) is 22.9 Å². The van der Waals surface area contributed by atoms with Crippen LogP contribution >= 0.6 is 11.6 Å². The van der Waals surface area contributed by atoms with E-state index in [-0.39, 0.29) is 40.7 Å². The van der Waals surface area contributed by atoms with Gasteiger partial charge in [0.05, 0.1) is 11.6 Å². The fourth-order valence-corrected chi connectivity index (χ4v) is 6.20. The van der Waals surface area contributed by atoms with Gasteiger partial charge in [-0.25, -0.2) is 4.85 Å². The number of benzene rings is 2.